The fourth-order valence-corrected chi connectivity index (χ4v) is 5.19. The Kier molecular flexibility index (Phi) is 5.97. The molecule has 0 fully saturated rings. The molecule has 10 heteroatoms. The predicted octanol–water partition coefficient (Wildman–Crippen LogP) is 3.59. The van der Waals surface area contributed by atoms with Gasteiger partial charge in [0.2, 0.25) is 5.91 Å². The van der Waals surface area contributed by atoms with Crippen LogP contribution in [0, 0.1) is 20.8 Å². The minimum Gasteiger partial charge on any atom is -0.482 e. The van der Waals surface area contributed by atoms with E-state index in [0.717, 1.165) is 21.1 Å². The van der Waals surface area contributed by atoms with Gasteiger partial charge in [0.1, 0.15) is 18.0 Å². The van der Waals surface area contributed by atoms with Crippen LogP contribution in [0.5, 0.6) is 5.75 Å². The molecule has 0 atom stereocenters. The van der Waals surface area contributed by atoms with Crippen molar-refractivity contribution in [1.29, 1.82) is 0 Å². The number of benzene rings is 2. The van der Waals surface area contributed by atoms with Crippen molar-refractivity contribution in [2.45, 2.75) is 20.8 Å². The first kappa shape index (κ1) is 23.6. The summed E-state index contributed by atoms with van der Waals surface area (Å²) in [6, 6.07) is 14.7. The average molecular weight is 504 g/mol. The van der Waals surface area contributed by atoms with Crippen molar-refractivity contribution in [2.75, 3.05) is 23.4 Å². The van der Waals surface area contributed by atoms with Gasteiger partial charge in [0.15, 0.2) is 6.61 Å². The molecule has 0 bridgehead atoms. The number of aryl methyl sites for hydroxylation is 2. The van der Waals surface area contributed by atoms with Gasteiger partial charge in [0.05, 0.1) is 27.8 Å². The highest BCUT2D eigenvalue weighted by molar-refractivity contribution is 7.11. The highest BCUT2D eigenvalue weighted by Crippen LogP contribution is 2.37. The molecule has 0 spiro atoms. The zero-order valence-electron chi connectivity index (χ0n) is 20.4. The summed E-state index contributed by atoms with van der Waals surface area (Å²) in [7, 11) is 1.75. The summed E-state index contributed by atoms with van der Waals surface area (Å²) < 4.78 is 8.78. The SMILES string of the molecule is Cc1nc(-c2ccc3c(c2)N(CC(=O)Nc2c(C)n(C)n(-c4ccccc4)c2=O)C(=O)CO3)c(C)s1. The lowest BCUT2D eigenvalue weighted by Crippen LogP contribution is -2.43. The van der Waals surface area contributed by atoms with Crippen LogP contribution >= 0.6 is 11.3 Å². The Morgan fingerprint density at radius 2 is 1.86 bits per heavy atom. The standard InChI is InChI=1S/C26H25N5O4S/c1-15-24(26(34)31(29(15)4)19-8-6-5-7-9-19)28-22(32)13-30-20-12-18(25-16(2)36-17(3)27-25)10-11-21(20)35-14-23(30)33/h5-12H,13-14H2,1-4H3,(H,28,32). The van der Waals surface area contributed by atoms with E-state index in [1.54, 1.807) is 36.1 Å². The topological polar surface area (TPSA) is 98.5 Å². The predicted molar refractivity (Wildman–Crippen MR) is 139 cm³/mol. The van der Waals surface area contributed by atoms with Gasteiger partial charge in [-0.2, -0.15) is 0 Å². The Bertz CT molecular complexity index is 1550. The summed E-state index contributed by atoms with van der Waals surface area (Å²) in [6.07, 6.45) is 0. The Morgan fingerprint density at radius 1 is 1.11 bits per heavy atom. The largest absolute Gasteiger partial charge is 0.482 e. The van der Waals surface area contributed by atoms with Crippen molar-refractivity contribution in [1.82, 2.24) is 14.3 Å². The van der Waals surface area contributed by atoms with Gasteiger partial charge in [-0.1, -0.05) is 18.2 Å². The molecule has 9 nitrogen and oxygen atoms in total. The van der Waals surface area contributed by atoms with Crippen molar-refractivity contribution < 1.29 is 14.3 Å². The number of aromatic nitrogens is 3. The number of fused-ring (bicyclic) bond motifs is 1. The number of carbonyl (C=O) groups excluding carboxylic acids is 2. The average Bonchev–Trinajstić information content (AvgIpc) is 3.31. The van der Waals surface area contributed by atoms with Crippen LogP contribution in [0.4, 0.5) is 11.4 Å². The van der Waals surface area contributed by atoms with Crippen molar-refractivity contribution in [3.8, 4) is 22.7 Å². The number of nitrogens with zero attached hydrogens (tertiary/aromatic N) is 4. The fraction of sp³-hybridized carbons (Fsp3) is 0.231. The van der Waals surface area contributed by atoms with E-state index in [0.29, 0.717) is 22.8 Å². The molecular weight excluding hydrogens is 478 g/mol. The van der Waals surface area contributed by atoms with Crippen LogP contribution in [0.2, 0.25) is 0 Å². The second kappa shape index (κ2) is 9.12. The molecule has 1 aliphatic heterocycles. The number of nitrogens with one attached hydrogen (secondary N) is 1. The molecule has 0 unspecified atom stereocenters. The number of rotatable bonds is 5. The van der Waals surface area contributed by atoms with Crippen molar-refractivity contribution >= 4 is 34.5 Å². The number of hydrogen-bond acceptors (Lipinski definition) is 6. The van der Waals surface area contributed by atoms with E-state index in [-0.39, 0.29) is 30.3 Å². The van der Waals surface area contributed by atoms with Crippen LogP contribution in [0.25, 0.3) is 16.9 Å². The van der Waals surface area contributed by atoms with E-state index < -0.39 is 5.91 Å². The number of thiazole rings is 1. The van der Waals surface area contributed by atoms with E-state index in [4.69, 9.17) is 4.74 Å². The maximum absolute atomic E-state index is 13.2. The maximum atomic E-state index is 13.2. The number of carbonyl (C=O) groups is 2. The molecule has 4 aromatic rings. The zero-order valence-corrected chi connectivity index (χ0v) is 21.2. The Hall–Kier alpha value is -4.18. The lowest BCUT2D eigenvalue weighted by Gasteiger charge is -2.29. The molecule has 184 valence electrons. The maximum Gasteiger partial charge on any atom is 0.295 e. The minimum absolute atomic E-state index is 0.167. The van der Waals surface area contributed by atoms with Gasteiger partial charge in [0.25, 0.3) is 11.5 Å². The minimum atomic E-state index is -0.478. The van der Waals surface area contributed by atoms with Crippen molar-refractivity contribution in [3.63, 3.8) is 0 Å². The Balaban J connectivity index is 1.44. The normalized spacial score (nSPS) is 12.9. The highest BCUT2D eigenvalue weighted by atomic mass is 32.1. The number of hydrogen-bond donors (Lipinski definition) is 1. The van der Waals surface area contributed by atoms with Crippen LogP contribution < -0.4 is 20.5 Å². The molecule has 2 aromatic carbocycles. The summed E-state index contributed by atoms with van der Waals surface area (Å²) in [4.78, 5) is 46.1. The molecule has 0 saturated heterocycles. The van der Waals surface area contributed by atoms with Crippen LogP contribution in [-0.4, -0.2) is 39.3 Å². The summed E-state index contributed by atoms with van der Waals surface area (Å²) in [5.41, 5.74) is 3.28. The number of ether oxygens (including phenoxy) is 1. The van der Waals surface area contributed by atoms with Gasteiger partial charge in [0, 0.05) is 17.5 Å². The third-order valence-corrected chi connectivity index (χ3v) is 7.09. The van der Waals surface area contributed by atoms with Crippen LogP contribution in [-0.2, 0) is 16.6 Å². The first-order valence-corrected chi connectivity index (χ1v) is 12.2. The molecule has 2 amide bonds. The summed E-state index contributed by atoms with van der Waals surface area (Å²) in [6.45, 7) is 5.28. The van der Waals surface area contributed by atoms with Crippen LogP contribution in [0.1, 0.15) is 15.6 Å². The second-order valence-corrected chi connectivity index (χ2v) is 9.98. The van der Waals surface area contributed by atoms with Crippen molar-refractivity contribution in [2.24, 2.45) is 7.05 Å². The molecule has 3 heterocycles. The lowest BCUT2D eigenvalue weighted by atomic mass is 10.1. The fourth-order valence-electron chi connectivity index (χ4n) is 4.35. The third kappa shape index (κ3) is 4.09. The second-order valence-electron chi connectivity index (χ2n) is 8.57. The molecule has 2 aromatic heterocycles. The third-order valence-electron chi connectivity index (χ3n) is 6.20. The van der Waals surface area contributed by atoms with E-state index in [2.05, 4.69) is 10.3 Å². The molecule has 0 radical (unpaired) electrons. The number of amides is 2. The Labute approximate surface area is 211 Å². The molecule has 36 heavy (non-hydrogen) atoms. The first-order chi connectivity index (χ1) is 17.2. The van der Waals surface area contributed by atoms with Gasteiger partial charge >= 0.3 is 0 Å². The quantitative estimate of drug-likeness (QED) is 0.449. The van der Waals surface area contributed by atoms with Gasteiger partial charge in [-0.05, 0) is 51.1 Å². The van der Waals surface area contributed by atoms with Gasteiger partial charge in [-0.25, -0.2) is 9.67 Å². The van der Waals surface area contributed by atoms with Gasteiger partial charge in [-0.15, -0.1) is 11.3 Å². The van der Waals surface area contributed by atoms with Gasteiger partial charge < -0.3 is 10.1 Å². The smallest absolute Gasteiger partial charge is 0.295 e. The Morgan fingerprint density at radius 3 is 2.56 bits per heavy atom. The monoisotopic (exact) mass is 503 g/mol. The van der Waals surface area contributed by atoms with E-state index in [1.807, 2.05) is 56.3 Å². The number of para-hydroxylation sites is 1. The van der Waals surface area contributed by atoms with Crippen LogP contribution in [0.15, 0.2) is 53.3 Å². The molecule has 5 rings (SSSR count). The van der Waals surface area contributed by atoms with E-state index in [1.165, 1.54) is 9.58 Å². The van der Waals surface area contributed by atoms with Gasteiger partial charge in [-0.3, -0.25) is 24.0 Å². The van der Waals surface area contributed by atoms with Crippen molar-refractivity contribution in [3.05, 3.63) is 74.5 Å². The highest BCUT2D eigenvalue weighted by Gasteiger charge is 2.29. The molecule has 0 aliphatic carbocycles. The summed E-state index contributed by atoms with van der Waals surface area (Å²) in [5.74, 6) is -0.307. The molecule has 0 saturated carbocycles. The number of anilines is 2. The molecule has 1 N–H and O–H groups in total. The van der Waals surface area contributed by atoms with Crippen LogP contribution in [0.3, 0.4) is 0 Å². The first-order valence-electron chi connectivity index (χ1n) is 11.4. The summed E-state index contributed by atoms with van der Waals surface area (Å²) in [5, 5.41) is 3.68. The molecular formula is C26H25N5O4S. The summed E-state index contributed by atoms with van der Waals surface area (Å²) >= 11 is 1.60. The molecule has 1 aliphatic rings. The zero-order chi connectivity index (χ0) is 25.6. The van der Waals surface area contributed by atoms with E-state index >= 15 is 0 Å². The van der Waals surface area contributed by atoms with E-state index in [9.17, 15) is 14.4 Å². The lowest BCUT2D eigenvalue weighted by molar-refractivity contribution is -0.123.